The van der Waals surface area contributed by atoms with Crippen molar-refractivity contribution in [2.24, 2.45) is 11.8 Å². The SMILES string of the molecule is CC(C)N(CC1CC1)CC1CC2CCC1N2. The fourth-order valence-corrected chi connectivity index (χ4v) is 3.57. The van der Waals surface area contributed by atoms with E-state index in [0.717, 1.165) is 30.0 Å². The van der Waals surface area contributed by atoms with Gasteiger partial charge in [0.2, 0.25) is 0 Å². The van der Waals surface area contributed by atoms with Gasteiger partial charge in [-0.3, -0.25) is 0 Å². The maximum absolute atomic E-state index is 3.76. The van der Waals surface area contributed by atoms with E-state index in [1.54, 1.807) is 0 Å². The first kappa shape index (κ1) is 11.0. The van der Waals surface area contributed by atoms with E-state index >= 15 is 0 Å². The lowest BCUT2D eigenvalue weighted by Crippen LogP contribution is -2.40. The van der Waals surface area contributed by atoms with Crippen LogP contribution in [-0.2, 0) is 0 Å². The number of hydrogen-bond donors (Lipinski definition) is 1. The maximum atomic E-state index is 3.76. The fraction of sp³-hybridized carbons (Fsp3) is 1.00. The normalized spacial score (nSPS) is 37.9. The van der Waals surface area contributed by atoms with Crippen molar-refractivity contribution in [1.82, 2.24) is 10.2 Å². The second kappa shape index (κ2) is 4.30. The summed E-state index contributed by atoms with van der Waals surface area (Å²) in [5.74, 6) is 1.98. The molecule has 1 saturated carbocycles. The Hall–Kier alpha value is -0.0800. The molecule has 2 bridgehead atoms. The first-order valence-electron chi connectivity index (χ1n) is 7.22. The Bertz CT molecular complexity index is 247. The summed E-state index contributed by atoms with van der Waals surface area (Å²) in [4.78, 5) is 2.74. The molecule has 0 spiro atoms. The molecule has 3 fully saturated rings. The third-order valence-electron chi connectivity index (χ3n) is 4.82. The average Bonchev–Trinajstić information content (AvgIpc) is 2.83. The van der Waals surface area contributed by atoms with Gasteiger partial charge in [-0.25, -0.2) is 0 Å². The highest BCUT2D eigenvalue weighted by atomic mass is 15.2. The summed E-state index contributed by atoms with van der Waals surface area (Å²) in [6.07, 6.45) is 7.28. The lowest BCUT2D eigenvalue weighted by atomic mass is 9.88. The Morgan fingerprint density at radius 1 is 1.12 bits per heavy atom. The molecule has 16 heavy (non-hydrogen) atoms. The van der Waals surface area contributed by atoms with Crippen molar-refractivity contribution in [2.75, 3.05) is 13.1 Å². The van der Waals surface area contributed by atoms with Crippen molar-refractivity contribution >= 4 is 0 Å². The Labute approximate surface area is 99.8 Å². The molecule has 3 atom stereocenters. The van der Waals surface area contributed by atoms with Crippen LogP contribution < -0.4 is 5.32 Å². The smallest absolute Gasteiger partial charge is 0.0111 e. The van der Waals surface area contributed by atoms with Crippen molar-refractivity contribution in [1.29, 1.82) is 0 Å². The van der Waals surface area contributed by atoms with E-state index in [1.165, 1.54) is 45.2 Å². The molecule has 0 aromatic carbocycles. The molecule has 0 radical (unpaired) electrons. The molecule has 3 rings (SSSR count). The predicted octanol–water partition coefficient (Wildman–Crippen LogP) is 2.25. The second-order valence-corrected chi connectivity index (χ2v) is 6.53. The monoisotopic (exact) mass is 222 g/mol. The van der Waals surface area contributed by atoms with Crippen LogP contribution in [0.3, 0.4) is 0 Å². The molecule has 2 saturated heterocycles. The van der Waals surface area contributed by atoms with E-state index in [-0.39, 0.29) is 0 Å². The lowest BCUT2D eigenvalue weighted by Gasteiger charge is -2.32. The summed E-state index contributed by atoms with van der Waals surface area (Å²) in [6.45, 7) is 7.44. The van der Waals surface area contributed by atoms with Gasteiger partial charge in [0.25, 0.3) is 0 Å². The third-order valence-corrected chi connectivity index (χ3v) is 4.82. The van der Waals surface area contributed by atoms with Crippen molar-refractivity contribution in [3.63, 3.8) is 0 Å². The summed E-state index contributed by atoms with van der Waals surface area (Å²) < 4.78 is 0. The van der Waals surface area contributed by atoms with Gasteiger partial charge in [0.15, 0.2) is 0 Å². The first-order valence-corrected chi connectivity index (χ1v) is 7.22. The molecule has 92 valence electrons. The highest BCUT2D eigenvalue weighted by Crippen LogP contribution is 2.35. The zero-order valence-electron chi connectivity index (χ0n) is 10.8. The molecule has 1 N–H and O–H groups in total. The average molecular weight is 222 g/mol. The van der Waals surface area contributed by atoms with E-state index in [0.29, 0.717) is 0 Å². The molecule has 2 heterocycles. The standard InChI is InChI=1S/C14H26N2/c1-10(2)16(8-11-3-4-11)9-12-7-13-5-6-14(12)15-13/h10-15H,3-9H2,1-2H3. The molecular formula is C14H26N2. The maximum Gasteiger partial charge on any atom is 0.0111 e. The minimum atomic E-state index is 0.736. The molecule has 3 aliphatic rings. The largest absolute Gasteiger partial charge is 0.311 e. The Balaban J connectivity index is 1.54. The van der Waals surface area contributed by atoms with Gasteiger partial charge in [-0.15, -0.1) is 0 Å². The van der Waals surface area contributed by atoms with E-state index < -0.39 is 0 Å². The van der Waals surface area contributed by atoms with Crippen LogP contribution in [0.2, 0.25) is 0 Å². The Kier molecular flexibility index (Phi) is 2.97. The second-order valence-electron chi connectivity index (χ2n) is 6.53. The minimum absolute atomic E-state index is 0.736. The number of hydrogen-bond acceptors (Lipinski definition) is 2. The molecule has 3 unspecified atom stereocenters. The minimum Gasteiger partial charge on any atom is -0.311 e. The van der Waals surface area contributed by atoms with Crippen LogP contribution in [0.15, 0.2) is 0 Å². The van der Waals surface area contributed by atoms with Gasteiger partial charge in [-0.1, -0.05) is 0 Å². The van der Waals surface area contributed by atoms with Crippen LogP contribution in [-0.4, -0.2) is 36.1 Å². The molecule has 0 aromatic heterocycles. The van der Waals surface area contributed by atoms with Crippen molar-refractivity contribution in [3.8, 4) is 0 Å². The number of nitrogens with zero attached hydrogens (tertiary/aromatic N) is 1. The highest BCUT2D eigenvalue weighted by Gasteiger charge is 2.40. The molecule has 2 nitrogen and oxygen atoms in total. The van der Waals surface area contributed by atoms with Gasteiger partial charge in [-0.05, 0) is 57.8 Å². The van der Waals surface area contributed by atoms with E-state index in [2.05, 4.69) is 24.1 Å². The van der Waals surface area contributed by atoms with E-state index in [1.807, 2.05) is 0 Å². The van der Waals surface area contributed by atoms with Gasteiger partial charge in [-0.2, -0.15) is 0 Å². The zero-order valence-corrected chi connectivity index (χ0v) is 10.8. The van der Waals surface area contributed by atoms with Gasteiger partial charge in [0, 0.05) is 31.2 Å². The number of rotatable bonds is 5. The zero-order chi connectivity index (χ0) is 11.1. The molecule has 0 amide bonds. The van der Waals surface area contributed by atoms with Crippen molar-refractivity contribution in [2.45, 2.75) is 64.1 Å². The highest BCUT2D eigenvalue weighted by molar-refractivity contribution is 4.98. The van der Waals surface area contributed by atoms with Crippen LogP contribution in [0.4, 0.5) is 0 Å². The Morgan fingerprint density at radius 3 is 2.44 bits per heavy atom. The number of nitrogens with one attached hydrogen (secondary N) is 1. The van der Waals surface area contributed by atoms with Gasteiger partial charge in [0.1, 0.15) is 0 Å². The lowest BCUT2D eigenvalue weighted by molar-refractivity contribution is 0.166. The van der Waals surface area contributed by atoms with Crippen LogP contribution in [0.1, 0.15) is 46.0 Å². The summed E-state index contributed by atoms with van der Waals surface area (Å²) in [5, 5.41) is 3.76. The first-order chi connectivity index (χ1) is 7.72. The summed E-state index contributed by atoms with van der Waals surface area (Å²) in [7, 11) is 0. The fourth-order valence-electron chi connectivity index (χ4n) is 3.57. The quantitative estimate of drug-likeness (QED) is 0.767. The molecular weight excluding hydrogens is 196 g/mol. The molecule has 0 aromatic rings. The van der Waals surface area contributed by atoms with E-state index in [9.17, 15) is 0 Å². The van der Waals surface area contributed by atoms with Crippen LogP contribution in [0.25, 0.3) is 0 Å². The summed E-state index contributed by atoms with van der Waals surface area (Å²) in [5.41, 5.74) is 0. The molecule has 2 heteroatoms. The summed E-state index contributed by atoms with van der Waals surface area (Å²) >= 11 is 0. The Morgan fingerprint density at radius 2 is 1.94 bits per heavy atom. The summed E-state index contributed by atoms with van der Waals surface area (Å²) in [6, 6.07) is 2.45. The molecule has 1 aliphatic carbocycles. The topological polar surface area (TPSA) is 15.3 Å². The van der Waals surface area contributed by atoms with Crippen molar-refractivity contribution in [3.05, 3.63) is 0 Å². The van der Waals surface area contributed by atoms with Gasteiger partial charge in [0.05, 0.1) is 0 Å². The number of fused-ring (bicyclic) bond motifs is 2. The van der Waals surface area contributed by atoms with Gasteiger partial charge < -0.3 is 10.2 Å². The van der Waals surface area contributed by atoms with E-state index in [4.69, 9.17) is 0 Å². The van der Waals surface area contributed by atoms with Crippen molar-refractivity contribution < 1.29 is 0 Å². The third kappa shape index (κ3) is 2.28. The molecule has 2 aliphatic heterocycles. The van der Waals surface area contributed by atoms with Gasteiger partial charge >= 0.3 is 0 Å². The van der Waals surface area contributed by atoms with Crippen LogP contribution in [0, 0.1) is 11.8 Å². The van der Waals surface area contributed by atoms with Crippen LogP contribution in [0.5, 0.6) is 0 Å². The van der Waals surface area contributed by atoms with Crippen LogP contribution >= 0.6 is 0 Å². The predicted molar refractivity (Wildman–Crippen MR) is 67.5 cm³/mol.